The number of ether oxygens (including phenoxy) is 1. The monoisotopic (exact) mass is 412 g/mol. The van der Waals surface area contributed by atoms with Gasteiger partial charge in [0.2, 0.25) is 0 Å². The number of rotatable bonds is 4. The number of benzene rings is 1. The van der Waals surface area contributed by atoms with Crippen LogP contribution >= 0.6 is 0 Å². The van der Waals surface area contributed by atoms with Crippen LogP contribution in [0.2, 0.25) is 0 Å². The molecule has 1 aromatic carbocycles. The van der Waals surface area contributed by atoms with Gasteiger partial charge in [-0.1, -0.05) is 24.3 Å². The molecule has 1 aliphatic carbocycles. The molecule has 0 bridgehead atoms. The minimum absolute atomic E-state index is 0.0489. The largest absolute Gasteiger partial charge is 0.450 e. The van der Waals surface area contributed by atoms with Gasteiger partial charge in [-0.25, -0.2) is 4.79 Å². The molecule has 0 radical (unpaired) electrons. The molecule has 2 N–H and O–H groups in total. The maximum Gasteiger partial charge on any atom is 0.409 e. The molecule has 6 heteroatoms. The lowest BCUT2D eigenvalue weighted by atomic mass is 9.86. The number of nitrogens with zero attached hydrogens (tertiary/aromatic N) is 2. The first-order chi connectivity index (χ1) is 14.5. The summed E-state index contributed by atoms with van der Waals surface area (Å²) in [5.74, 6) is 0.180. The Morgan fingerprint density at radius 1 is 1.17 bits per heavy atom. The average Bonchev–Trinajstić information content (AvgIpc) is 2.97. The molecule has 1 saturated heterocycles. The van der Waals surface area contributed by atoms with E-state index in [0.29, 0.717) is 25.7 Å². The Labute approximate surface area is 179 Å². The van der Waals surface area contributed by atoms with Gasteiger partial charge in [-0.05, 0) is 51.2 Å². The molecule has 3 aliphatic rings. The molecular formula is C24H34N3O3+. The van der Waals surface area contributed by atoms with Gasteiger partial charge in [0.05, 0.1) is 18.7 Å². The zero-order valence-corrected chi connectivity index (χ0v) is 18.4. The number of carbonyl (C=O) groups excluding carboxylic acids is 2. The van der Waals surface area contributed by atoms with Crippen LogP contribution in [0.4, 0.5) is 4.79 Å². The predicted molar refractivity (Wildman–Crippen MR) is 115 cm³/mol. The van der Waals surface area contributed by atoms with Gasteiger partial charge in [0, 0.05) is 37.1 Å². The summed E-state index contributed by atoms with van der Waals surface area (Å²) in [5.41, 5.74) is 4.76. The number of carbonyl (C=O) groups is 2. The highest BCUT2D eigenvalue weighted by Gasteiger charge is 2.44. The van der Waals surface area contributed by atoms with Gasteiger partial charge < -0.3 is 15.0 Å². The zero-order valence-electron chi connectivity index (χ0n) is 18.4. The van der Waals surface area contributed by atoms with Gasteiger partial charge in [-0.15, -0.1) is 0 Å². The maximum absolute atomic E-state index is 13.3. The van der Waals surface area contributed by atoms with Crippen LogP contribution in [0.25, 0.3) is 0 Å². The molecule has 162 valence electrons. The van der Waals surface area contributed by atoms with Crippen LogP contribution in [0.5, 0.6) is 0 Å². The van der Waals surface area contributed by atoms with E-state index in [1.807, 2.05) is 13.8 Å². The number of likely N-dealkylation sites (tertiary alicyclic amines) is 1. The first-order valence-corrected chi connectivity index (χ1v) is 11.4. The lowest BCUT2D eigenvalue weighted by molar-refractivity contribution is -0.731. The van der Waals surface area contributed by atoms with Crippen molar-refractivity contribution in [3.8, 4) is 0 Å². The maximum atomic E-state index is 13.3. The smallest absolute Gasteiger partial charge is 0.409 e. The Balaban J connectivity index is 1.49. The Morgan fingerprint density at radius 2 is 1.90 bits per heavy atom. The van der Waals surface area contributed by atoms with Crippen molar-refractivity contribution in [3.05, 3.63) is 46.5 Å². The molecule has 2 aliphatic heterocycles. The Bertz CT molecular complexity index is 842. The van der Waals surface area contributed by atoms with Crippen LogP contribution in [0.3, 0.4) is 0 Å². The number of hydrogen-bond donors (Lipinski definition) is 1. The molecule has 0 unspecified atom stereocenters. The fourth-order valence-corrected chi connectivity index (χ4v) is 5.26. The predicted octanol–water partition coefficient (Wildman–Crippen LogP) is 2.75. The number of aryl methyl sites for hydroxylation is 1. The molecule has 2 amide bonds. The van der Waals surface area contributed by atoms with Crippen LogP contribution in [0.15, 0.2) is 35.4 Å². The quantitative estimate of drug-likeness (QED) is 0.827. The van der Waals surface area contributed by atoms with Gasteiger partial charge in [0.25, 0.3) is 5.91 Å². The minimum atomic E-state index is -0.209. The van der Waals surface area contributed by atoms with Crippen LogP contribution < -0.4 is 5.32 Å². The van der Waals surface area contributed by atoms with E-state index < -0.39 is 0 Å². The topological polar surface area (TPSA) is 66.5 Å². The number of hydrogen-bond acceptors (Lipinski definition) is 3. The standard InChI is InChI=1S/C24H33N3O3/c1-4-30-24(29)26-14-12-19(13-15-26)25-22-16(2)17(3)23(28)27(22)21-11-7-9-18-8-5-6-10-20(18)21/h5-6,8,10,19,21-22,25H,4,7,9,11-15H2,1-3H3/p+1/t21-,22-/m0/s1. The third kappa shape index (κ3) is 3.85. The minimum Gasteiger partial charge on any atom is -0.450 e. The fraction of sp³-hybridized carbons (Fsp3) is 0.583. The summed E-state index contributed by atoms with van der Waals surface area (Å²) in [5, 5.41) is 2.38. The second-order valence-electron chi connectivity index (χ2n) is 8.79. The molecule has 0 aromatic heterocycles. The Kier molecular flexibility index (Phi) is 6.14. The van der Waals surface area contributed by atoms with Gasteiger partial charge in [0.15, 0.2) is 6.17 Å². The number of quaternary nitrogens is 1. The highest BCUT2D eigenvalue weighted by Crippen LogP contribution is 2.39. The van der Waals surface area contributed by atoms with Crippen molar-refractivity contribution >= 4 is 12.0 Å². The molecule has 2 heterocycles. The summed E-state index contributed by atoms with van der Waals surface area (Å²) in [6.45, 7) is 7.76. The fourth-order valence-electron chi connectivity index (χ4n) is 5.26. The molecule has 0 saturated carbocycles. The Morgan fingerprint density at radius 3 is 2.63 bits per heavy atom. The van der Waals surface area contributed by atoms with E-state index in [1.54, 1.807) is 4.90 Å². The van der Waals surface area contributed by atoms with Crippen molar-refractivity contribution in [1.29, 1.82) is 0 Å². The van der Waals surface area contributed by atoms with E-state index in [9.17, 15) is 9.59 Å². The summed E-state index contributed by atoms with van der Waals surface area (Å²) in [6.07, 6.45) is 4.92. The molecule has 1 fully saturated rings. The third-order valence-corrected chi connectivity index (χ3v) is 7.08. The summed E-state index contributed by atoms with van der Waals surface area (Å²) < 4.78 is 5.14. The molecule has 4 rings (SSSR count). The second-order valence-corrected chi connectivity index (χ2v) is 8.79. The van der Waals surface area contributed by atoms with E-state index in [1.165, 1.54) is 16.7 Å². The Hall–Kier alpha value is -2.34. The van der Waals surface area contributed by atoms with Crippen molar-refractivity contribution in [3.63, 3.8) is 0 Å². The molecule has 30 heavy (non-hydrogen) atoms. The number of piperidine rings is 1. The normalized spacial score (nSPS) is 25.0. The van der Waals surface area contributed by atoms with E-state index in [0.717, 1.165) is 37.7 Å². The van der Waals surface area contributed by atoms with E-state index in [-0.39, 0.29) is 24.2 Å². The van der Waals surface area contributed by atoms with Crippen LogP contribution in [0, 0.1) is 0 Å². The zero-order chi connectivity index (χ0) is 21.3. The summed E-state index contributed by atoms with van der Waals surface area (Å²) in [4.78, 5) is 29.2. The SMILES string of the molecule is CCOC(=O)N1CCC([NH2+][C@@H]2C(C)=C(C)C(=O)N2[C@H]2CCCc3ccccc32)CC1. The van der Waals surface area contributed by atoms with Crippen LogP contribution in [-0.2, 0) is 16.0 Å². The van der Waals surface area contributed by atoms with E-state index in [2.05, 4.69) is 41.4 Å². The number of nitrogens with two attached hydrogens (primary N) is 1. The third-order valence-electron chi connectivity index (χ3n) is 7.08. The van der Waals surface area contributed by atoms with Gasteiger partial charge >= 0.3 is 6.09 Å². The lowest BCUT2D eigenvalue weighted by Gasteiger charge is -2.38. The second kappa shape index (κ2) is 8.80. The number of fused-ring (bicyclic) bond motifs is 1. The number of amides is 2. The summed E-state index contributed by atoms with van der Waals surface area (Å²) in [6, 6.07) is 9.15. The van der Waals surface area contributed by atoms with Crippen LogP contribution in [0.1, 0.15) is 63.6 Å². The highest BCUT2D eigenvalue weighted by molar-refractivity contribution is 5.97. The van der Waals surface area contributed by atoms with Crippen LogP contribution in [-0.4, -0.2) is 53.7 Å². The molecule has 6 nitrogen and oxygen atoms in total. The van der Waals surface area contributed by atoms with Gasteiger partial charge in [0.1, 0.15) is 0 Å². The highest BCUT2D eigenvalue weighted by atomic mass is 16.6. The first-order valence-electron chi connectivity index (χ1n) is 11.4. The molecular weight excluding hydrogens is 378 g/mol. The molecule has 2 atom stereocenters. The van der Waals surface area contributed by atoms with Crippen molar-refractivity contribution < 1.29 is 19.6 Å². The summed E-state index contributed by atoms with van der Waals surface area (Å²) >= 11 is 0. The van der Waals surface area contributed by atoms with Crippen molar-refractivity contribution in [2.75, 3.05) is 19.7 Å². The lowest BCUT2D eigenvalue weighted by Crippen LogP contribution is -2.98. The molecule has 1 aromatic rings. The van der Waals surface area contributed by atoms with Crippen molar-refractivity contribution in [2.24, 2.45) is 0 Å². The first kappa shape index (κ1) is 20.9. The van der Waals surface area contributed by atoms with Gasteiger partial charge in [-0.3, -0.25) is 9.69 Å². The van der Waals surface area contributed by atoms with Gasteiger partial charge in [-0.2, -0.15) is 0 Å². The van der Waals surface area contributed by atoms with E-state index in [4.69, 9.17) is 4.74 Å². The van der Waals surface area contributed by atoms with E-state index >= 15 is 0 Å². The summed E-state index contributed by atoms with van der Waals surface area (Å²) in [7, 11) is 0. The van der Waals surface area contributed by atoms with Crippen molar-refractivity contribution in [1.82, 2.24) is 9.80 Å². The average molecular weight is 413 g/mol. The van der Waals surface area contributed by atoms with Crippen molar-refractivity contribution in [2.45, 2.75) is 71.1 Å². The molecule has 0 spiro atoms.